The molecule has 7 heteroatoms. The minimum Gasteiger partial charge on any atom is -0.480 e. The molecule has 0 aliphatic carbocycles. The summed E-state index contributed by atoms with van der Waals surface area (Å²) in [5.74, 6) is -2.54. The van der Waals surface area contributed by atoms with Crippen LogP contribution in [0.2, 0.25) is 0 Å². The Hall–Kier alpha value is -2.67. The molecule has 1 fully saturated rings. The third-order valence-corrected chi connectivity index (χ3v) is 4.17. The number of carboxylic acid groups (broad SMARTS) is 2. The zero-order chi connectivity index (χ0) is 18.4. The molecule has 1 heterocycles. The highest BCUT2D eigenvalue weighted by atomic mass is 16.4. The fraction of sp³-hybridized carbons (Fsp3) is 0.389. The highest BCUT2D eigenvalue weighted by Crippen LogP contribution is 2.18. The van der Waals surface area contributed by atoms with Crippen LogP contribution in [0.5, 0.6) is 0 Å². The van der Waals surface area contributed by atoms with Crippen molar-refractivity contribution in [2.75, 3.05) is 6.54 Å². The maximum Gasteiger partial charge on any atom is 0.326 e. The van der Waals surface area contributed by atoms with Gasteiger partial charge in [0, 0.05) is 6.54 Å². The summed E-state index contributed by atoms with van der Waals surface area (Å²) in [7, 11) is 0. The average molecular weight is 346 g/mol. The van der Waals surface area contributed by atoms with E-state index < -0.39 is 36.0 Å². The molecule has 1 saturated heterocycles. The predicted molar refractivity (Wildman–Crippen MR) is 91.9 cm³/mol. The van der Waals surface area contributed by atoms with Crippen LogP contribution in [-0.2, 0) is 14.4 Å². The normalized spacial score (nSPS) is 19.7. The van der Waals surface area contributed by atoms with Crippen LogP contribution < -0.4 is 5.32 Å². The molecule has 25 heavy (non-hydrogen) atoms. The molecule has 1 aliphatic rings. The van der Waals surface area contributed by atoms with Crippen molar-refractivity contribution in [1.29, 1.82) is 0 Å². The lowest BCUT2D eigenvalue weighted by Gasteiger charge is -2.26. The summed E-state index contributed by atoms with van der Waals surface area (Å²) in [6.07, 6.45) is 4.19. The van der Waals surface area contributed by atoms with Crippen LogP contribution in [0.1, 0.15) is 25.3 Å². The number of aliphatic carboxylic acids is 2. The molecule has 1 unspecified atom stereocenters. The number of hydrogen-bond donors (Lipinski definition) is 3. The standard InChI is InChI=1S/C18H22N2O5/c1-12(16(21)20-11-5-8-15(20)18(24)25)19-14(17(22)23)10-9-13-6-3-2-4-7-13/h2-4,6-7,9-10,12,14-15,19H,5,8,11H2,1H3,(H,22,23)(H,24,25)/b10-9+/t12?,14-,15-/m0/s1. The van der Waals surface area contributed by atoms with Crippen molar-refractivity contribution in [1.82, 2.24) is 10.2 Å². The maximum absolute atomic E-state index is 12.5. The van der Waals surface area contributed by atoms with Gasteiger partial charge in [-0.15, -0.1) is 0 Å². The maximum atomic E-state index is 12.5. The Balaban J connectivity index is 2.03. The third kappa shape index (κ3) is 4.90. The Morgan fingerprint density at radius 2 is 1.92 bits per heavy atom. The van der Waals surface area contributed by atoms with E-state index in [-0.39, 0.29) is 0 Å². The first-order valence-electron chi connectivity index (χ1n) is 8.15. The molecule has 0 spiro atoms. The number of carbonyl (C=O) groups is 3. The number of nitrogens with zero attached hydrogens (tertiary/aromatic N) is 1. The van der Waals surface area contributed by atoms with E-state index in [0.717, 1.165) is 5.56 Å². The number of carboxylic acids is 2. The molecule has 134 valence electrons. The Kier molecular flexibility index (Phi) is 6.30. The Morgan fingerprint density at radius 1 is 1.24 bits per heavy atom. The van der Waals surface area contributed by atoms with Crippen molar-refractivity contribution in [2.24, 2.45) is 0 Å². The SMILES string of the molecule is CC(N[C@@H](/C=C/c1ccccc1)C(=O)O)C(=O)N1CCC[C@H]1C(=O)O. The summed E-state index contributed by atoms with van der Waals surface area (Å²) < 4.78 is 0. The van der Waals surface area contributed by atoms with Crippen LogP contribution in [0.4, 0.5) is 0 Å². The summed E-state index contributed by atoms with van der Waals surface area (Å²) in [6, 6.07) is 6.53. The number of nitrogens with one attached hydrogen (secondary N) is 1. The second-order valence-electron chi connectivity index (χ2n) is 6.00. The molecule has 1 aromatic rings. The van der Waals surface area contributed by atoms with E-state index in [1.165, 1.54) is 11.0 Å². The van der Waals surface area contributed by atoms with Gasteiger partial charge in [0.25, 0.3) is 0 Å². The first-order chi connectivity index (χ1) is 11.9. The molecule has 7 nitrogen and oxygen atoms in total. The first kappa shape index (κ1) is 18.7. The topological polar surface area (TPSA) is 107 Å². The Labute approximate surface area is 145 Å². The summed E-state index contributed by atoms with van der Waals surface area (Å²) in [4.78, 5) is 36.4. The minimum absolute atomic E-state index is 0.374. The smallest absolute Gasteiger partial charge is 0.326 e. The van der Waals surface area contributed by atoms with Crippen molar-refractivity contribution in [3.8, 4) is 0 Å². The Morgan fingerprint density at radius 3 is 2.52 bits per heavy atom. The van der Waals surface area contributed by atoms with E-state index in [4.69, 9.17) is 0 Å². The van der Waals surface area contributed by atoms with E-state index in [1.54, 1.807) is 13.0 Å². The predicted octanol–water partition coefficient (Wildman–Crippen LogP) is 1.21. The van der Waals surface area contributed by atoms with Gasteiger partial charge < -0.3 is 15.1 Å². The monoisotopic (exact) mass is 346 g/mol. The van der Waals surface area contributed by atoms with E-state index in [0.29, 0.717) is 19.4 Å². The molecular formula is C18H22N2O5. The lowest BCUT2D eigenvalue weighted by Crippen LogP contribution is -2.52. The van der Waals surface area contributed by atoms with Gasteiger partial charge in [-0.2, -0.15) is 0 Å². The van der Waals surface area contributed by atoms with Crippen LogP contribution in [0.25, 0.3) is 6.08 Å². The summed E-state index contributed by atoms with van der Waals surface area (Å²) in [6.45, 7) is 1.92. The highest BCUT2D eigenvalue weighted by Gasteiger charge is 2.36. The fourth-order valence-electron chi connectivity index (χ4n) is 2.86. The molecule has 3 atom stereocenters. The van der Waals surface area contributed by atoms with Crippen molar-refractivity contribution in [3.05, 3.63) is 42.0 Å². The van der Waals surface area contributed by atoms with Crippen molar-refractivity contribution < 1.29 is 24.6 Å². The van der Waals surface area contributed by atoms with Gasteiger partial charge in [0.05, 0.1) is 6.04 Å². The minimum atomic E-state index is -1.11. The quantitative estimate of drug-likeness (QED) is 0.685. The number of likely N-dealkylation sites (tertiary alicyclic amines) is 1. The van der Waals surface area contributed by atoms with E-state index >= 15 is 0 Å². The Bertz CT molecular complexity index is 659. The van der Waals surface area contributed by atoms with Crippen molar-refractivity contribution >= 4 is 23.9 Å². The van der Waals surface area contributed by atoms with Gasteiger partial charge in [0.2, 0.25) is 5.91 Å². The van der Waals surface area contributed by atoms with Gasteiger partial charge in [0.1, 0.15) is 12.1 Å². The van der Waals surface area contributed by atoms with Gasteiger partial charge in [0.15, 0.2) is 0 Å². The van der Waals surface area contributed by atoms with Crippen molar-refractivity contribution in [2.45, 2.75) is 37.9 Å². The van der Waals surface area contributed by atoms with E-state index in [1.807, 2.05) is 30.3 Å². The van der Waals surface area contributed by atoms with Gasteiger partial charge in [-0.05, 0) is 25.3 Å². The number of benzene rings is 1. The molecule has 0 bridgehead atoms. The summed E-state index contributed by atoms with van der Waals surface area (Å²) in [5, 5.41) is 21.3. The van der Waals surface area contributed by atoms with Gasteiger partial charge in [-0.3, -0.25) is 14.9 Å². The van der Waals surface area contributed by atoms with Crippen LogP contribution in [-0.4, -0.2) is 57.6 Å². The molecular weight excluding hydrogens is 324 g/mol. The molecule has 0 aromatic heterocycles. The lowest BCUT2D eigenvalue weighted by molar-refractivity contribution is -0.149. The molecule has 0 saturated carbocycles. The number of carbonyl (C=O) groups excluding carboxylic acids is 1. The second kappa shape index (κ2) is 8.43. The number of rotatable bonds is 7. The third-order valence-electron chi connectivity index (χ3n) is 4.17. The zero-order valence-corrected chi connectivity index (χ0v) is 14.0. The molecule has 1 aromatic carbocycles. The molecule has 3 N–H and O–H groups in total. The molecule has 2 rings (SSSR count). The summed E-state index contributed by atoms with van der Waals surface area (Å²) >= 11 is 0. The van der Waals surface area contributed by atoms with Crippen LogP contribution in [0, 0.1) is 0 Å². The largest absolute Gasteiger partial charge is 0.480 e. The summed E-state index contributed by atoms with van der Waals surface area (Å²) in [5.41, 5.74) is 0.847. The second-order valence-corrected chi connectivity index (χ2v) is 6.00. The first-order valence-corrected chi connectivity index (χ1v) is 8.15. The number of hydrogen-bond acceptors (Lipinski definition) is 4. The van der Waals surface area contributed by atoms with Gasteiger partial charge in [-0.1, -0.05) is 42.5 Å². The average Bonchev–Trinajstić information content (AvgIpc) is 3.08. The highest BCUT2D eigenvalue weighted by molar-refractivity contribution is 5.88. The van der Waals surface area contributed by atoms with Crippen LogP contribution in [0.3, 0.4) is 0 Å². The number of amides is 1. The van der Waals surface area contributed by atoms with Gasteiger partial charge in [-0.25, -0.2) is 4.79 Å². The van der Waals surface area contributed by atoms with Gasteiger partial charge >= 0.3 is 11.9 Å². The molecule has 1 aliphatic heterocycles. The lowest BCUT2D eigenvalue weighted by atomic mass is 10.1. The van der Waals surface area contributed by atoms with E-state index in [9.17, 15) is 24.6 Å². The molecule has 0 radical (unpaired) electrons. The molecule has 1 amide bonds. The van der Waals surface area contributed by atoms with Crippen molar-refractivity contribution in [3.63, 3.8) is 0 Å². The zero-order valence-electron chi connectivity index (χ0n) is 14.0. The fourth-order valence-corrected chi connectivity index (χ4v) is 2.86. The van der Waals surface area contributed by atoms with Crippen LogP contribution >= 0.6 is 0 Å². The van der Waals surface area contributed by atoms with Crippen LogP contribution in [0.15, 0.2) is 36.4 Å². The van der Waals surface area contributed by atoms with E-state index in [2.05, 4.69) is 5.32 Å².